The van der Waals surface area contributed by atoms with Gasteiger partial charge in [0.2, 0.25) is 0 Å². The number of hydrogen-bond acceptors (Lipinski definition) is 3. The molecule has 3 N–H and O–H groups in total. The third-order valence-electron chi connectivity index (χ3n) is 3.58. The van der Waals surface area contributed by atoms with Gasteiger partial charge in [-0.15, -0.1) is 0 Å². The first kappa shape index (κ1) is 19.6. The van der Waals surface area contributed by atoms with Crippen molar-refractivity contribution in [1.29, 1.82) is 0 Å². The minimum Gasteiger partial charge on any atom is -0.444 e. The highest BCUT2D eigenvalue weighted by Crippen LogP contribution is 2.15. The first-order valence-electron chi connectivity index (χ1n) is 8.76. The van der Waals surface area contributed by atoms with Gasteiger partial charge in [0.25, 0.3) is 0 Å². The quantitative estimate of drug-likeness (QED) is 0.437. The molecule has 0 spiro atoms. The monoisotopic (exact) mass is 356 g/mol. The zero-order valence-electron chi connectivity index (χ0n) is 15.9. The lowest BCUT2D eigenvalue weighted by Gasteiger charge is -2.20. The maximum Gasteiger partial charge on any atom is 0.407 e. The normalized spacial score (nSPS) is 11.9. The summed E-state index contributed by atoms with van der Waals surface area (Å²) in [5, 5.41) is 11.6. The first-order valence-corrected chi connectivity index (χ1v) is 8.76. The molecule has 2 rings (SSSR count). The van der Waals surface area contributed by atoms with Crippen molar-refractivity contribution in [3.05, 3.63) is 48.0 Å². The van der Waals surface area contributed by atoms with E-state index in [0.717, 1.165) is 0 Å². The molecule has 0 saturated heterocycles. The smallest absolute Gasteiger partial charge is 0.407 e. The van der Waals surface area contributed by atoms with E-state index in [1.165, 1.54) is 16.3 Å². The second-order valence-electron chi connectivity index (χ2n) is 6.96. The highest BCUT2D eigenvalue weighted by atomic mass is 16.6. The summed E-state index contributed by atoms with van der Waals surface area (Å²) < 4.78 is 5.19. The van der Waals surface area contributed by atoms with Gasteiger partial charge in [-0.05, 0) is 43.2 Å². The van der Waals surface area contributed by atoms with Crippen LogP contribution in [0.2, 0.25) is 0 Å². The number of ether oxygens (including phenoxy) is 1. The van der Waals surface area contributed by atoms with Crippen LogP contribution in [0.5, 0.6) is 0 Å². The molecule has 0 aliphatic carbocycles. The molecule has 0 aliphatic heterocycles. The van der Waals surface area contributed by atoms with Crippen molar-refractivity contribution in [2.24, 2.45) is 4.99 Å². The number of nitrogens with one attached hydrogen (secondary N) is 3. The van der Waals surface area contributed by atoms with Crippen molar-refractivity contribution in [3.8, 4) is 0 Å². The topological polar surface area (TPSA) is 74.8 Å². The van der Waals surface area contributed by atoms with Crippen LogP contribution in [0.1, 0.15) is 26.3 Å². The molecule has 140 valence electrons. The second-order valence-corrected chi connectivity index (χ2v) is 6.96. The van der Waals surface area contributed by atoms with E-state index >= 15 is 0 Å². The van der Waals surface area contributed by atoms with Crippen LogP contribution < -0.4 is 16.0 Å². The number of carbonyl (C=O) groups excluding carboxylic acids is 1. The number of rotatable bonds is 5. The zero-order chi connectivity index (χ0) is 19.0. The van der Waals surface area contributed by atoms with E-state index in [2.05, 4.69) is 51.3 Å². The molecule has 0 bridgehead atoms. The van der Waals surface area contributed by atoms with Gasteiger partial charge >= 0.3 is 6.09 Å². The Morgan fingerprint density at radius 1 is 1.00 bits per heavy atom. The molecule has 0 unspecified atom stereocenters. The highest BCUT2D eigenvalue weighted by molar-refractivity contribution is 5.83. The van der Waals surface area contributed by atoms with Gasteiger partial charge in [0, 0.05) is 26.7 Å². The number of guanidine groups is 1. The minimum absolute atomic E-state index is 0.418. The molecule has 0 aromatic heterocycles. The number of benzene rings is 2. The molecule has 1 amide bonds. The summed E-state index contributed by atoms with van der Waals surface area (Å²) in [5.74, 6) is 0.684. The Balaban J connectivity index is 1.74. The maximum atomic E-state index is 11.6. The lowest BCUT2D eigenvalue weighted by molar-refractivity contribution is 0.0529. The van der Waals surface area contributed by atoms with E-state index in [1.54, 1.807) is 7.05 Å². The van der Waals surface area contributed by atoms with Crippen molar-refractivity contribution >= 4 is 22.8 Å². The summed E-state index contributed by atoms with van der Waals surface area (Å²) in [5.41, 5.74) is 0.688. The molecule has 0 fully saturated rings. The van der Waals surface area contributed by atoms with E-state index in [1.807, 2.05) is 32.9 Å². The summed E-state index contributed by atoms with van der Waals surface area (Å²) in [6, 6.07) is 14.7. The van der Waals surface area contributed by atoms with Gasteiger partial charge < -0.3 is 20.7 Å². The Labute approximate surface area is 155 Å². The number of hydrogen-bond donors (Lipinski definition) is 3. The molecule has 0 radical (unpaired) electrons. The lowest BCUT2D eigenvalue weighted by atomic mass is 10.1. The summed E-state index contributed by atoms with van der Waals surface area (Å²) in [4.78, 5) is 15.8. The van der Waals surface area contributed by atoms with Crippen molar-refractivity contribution in [3.63, 3.8) is 0 Å². The van der Waals surface area contributed by atoms with Crippen molar-refractivity contribution in [2.75, 3.05) is 20.1 Å². The van der Waals surface area contributed by atoms with Crippen LogP contribution in [0, 0.1) is 0 Å². The summed E-state index contributed by atoms with van der Waals surface area (Å²) in [6.45, 7) is 7.18. The average Bonchev–Trinajstić information content (AvgIpc) is 2.59. The Hall–Kier alpha value is -2.76. The fourth-order valence-electron chi connectivity index (χ4n) is 2.41. The number of aliphatic imine (C=N–C) groups is 1. The predicted molar refractivity (Wildman–Crippen MR) is 106 cm³/mol. The second kappa shape index (κ2) is 9.08. The molecule has 2 aromatic carbocycles. The Morgan fingerprint density at radius 2 is 1.69 bits per heavy atom. The van der Waals surface area contributed by atoms with E-state index in [4.69, 9.17) is 4.74 Å². The molecule has 6 nitrogen and oxygen atoms in total. The lowest BCUT2D eigenvalue weighted by Crippen LogP contribution is -2.42. The molecule has 2 aromatic rings. The van der Waals surface area contributed by atoms with Gasteiger partial charge in [0.1, 0.15) is 5.60 Å². The van der Waals surface area contributed by atoms with Crippen LogP contribution in [0.25, 0.3) is 10.8 Å². The summed E-state index contributed by atoms with van der Waals surface area (Å²) in [6.07, 6.45) is -0.418. The Morgan fingerprint density at radius 3 is 2.38 bits per heavy atom. The predicted octanol–water partition coefficient (Wildman–Crippen LogP) is 3.03. The van der Waals surface area contributed by atoms with Crippen LogP contribution in [0.4, 0.5) is 4.79 Å². The Bertz CT molecular complexity index is 766. The van der Waals surface area contributed by atoms with Crippen LogP contribution in [-0.4, -0.2) is 37.8 Å². The molecular weight excluding hydrogens is 328 g/mol. The van der Waals surface area contributed by atoms with Crippen LogP contribution in [-0.2, 0) is 11.3 Å². The molecular formula is C20H28N4O2. The van der Waals surface area contributed by atoms with E-state index in [-0.39, 0.29) is 0 Å². The standard InChI is InChI=1S/C20H28N4O2/c1-20(2,3)26-19(25)23-12-11-22-18(21-4)24-14-15-9-10-16-7-5-6-8-17(16)13-15/h5-10,13H,11-12,14H2,1-4H3,(H,23,25)(H2,21,22,24). The average molecular weight is 356 g/mol. The van der Waals surface area contributed by atoms with Crippen LogP contribution >= 0.6 is 0 Å². The number of fused-ring (bicyclic) bond motifs is 1. The molecule has 6 heteroatoms. The van der Waals surface area contributed by atoms with Crippen molar-refractivity contribution in [1.82, 2.24) is 16.0 Å². The largest absolute Gasteiger partial charge is 0.444 e. The van der Waals surface area contributed by atoms with Crippen molar-refractivity contribution < 1.29 is 9.53 Å². The number of nitrogens with zero attached hydrogens (tertiary/aromatic N) is 1. The zero-order valence-corrected chi connectivity index (χ0v) is 15.9. The van der Waals surface area contributed by atoms with Crippen LogP contribution in [0.15, 0.2) is 47.5 Å². The van der Waals surface area contributed by atoms with Crippen molar-refractivity contribution in [2.45, 2.75) is 32.9 Å². The van der Waals surface area contributed by atoms with E-state index in [0.29, 0.717) is 25.6 Å². The Kier molecular flexibility index (Phi) is 6.83. The third kappa shape index (κ3) is 6.63. The summed E-state index contributed by atoms with van der Waals surface area (Å²) >= 11 is 0. The fraction of sp³-hybridized carbons (Fsp3) is 0.400. The fourth-order valence-corrected chi connectivity index (χ4v) is 2.41. The van der Waals surface area contributed by atoms with Crippen LogP contribution in [0.3, 0.4) is 0 Å². The number of alkyl carbamates (subject to hydrolysis) is 1. The summed E-state index contributed by atoms with van der Waals surface area (Å²) in [7, 11) is 1.72. The van der Waals surface area contributed by atoms with Gasteiger partial charge in [0.15, 0.2) is 5.96 Å². The number of carbonyl (C=O) groups is 1. The van der Waals surface area contributed by atoms with Gasteiger partial charge in [-0.1, -0.05) is 36.4 Å². The van der Waals surface area contributed by atoms with Gasteiger partial charge in [-0.25, -0.2) is 4.79 Å². The van der Waals surface area contributed by atoms with E-state index in [9.17, 15) is 4.79 Å². The maximum absolute atomic E-state index is 11.6. The molecule has 26 heavy (non-hydrogen) atoms. The first-order chi connectivity index (χ1) is 12.4. The van der Waals surface area contributed by atoms with Gasteiger partial charge in [0.05, 0.1) is 0 Å². The molecule has 0 aliphatic rings. The number of amides is 1. The minimum atomic E-state index is -0.491. The molecule has 0 heterocycles. The molecule has 0 atom stereocenters. The highest BCUT2D eigenvalue weighted by Gasteiger charge is 2.15. The molecule has 0 saturated carbocycles. The third-order valence-corrected chi connectivity index (χ3v) is 3.58. The van der Waals surface area contributed by atoms with E-state index < -0.39 is 11.7 Å². The van der Waals surface area contributed by atoms with Gasteiger partial charge in [-0.2, -0.15) is 0 Å². The SMILES string of the molecule is CN=C(NCCNC(=O)OC(C)(C)C)NCc1ccc2ccccc2c1. The van der Waals surface area contributed by atoms with Gasteiger partial charge in [-0.3, -0.25) is 4.99 Å².